The van der Waals surface area contributed by atoms with E-state index in [1.807, 2.05) is 13.8 Å². The van der Waals surface area contributed by atoms with Gasteiger partial charge in [-0.25, -0.2) is 12.8 Å². The minimum absolute atomic E-state index is 0.0436. The molecule has 1 aromatic rings. The summed E-state index contributed by atoms with van der Waals surface area (Å²) in [5.41, 5.74) is 5.94. The highest BCUT2D eigenvalue weighted by atomic mass is 35.5. The van der Waals surface area contributed by atoms with Crippen LogP contribution in [0.25, 0.3) is 0 Å². The van der Waals surface area contributed by atoms with Gasteiger partial charge in [-0.05, 0) is 36.5 Å². The van der Waals surface area contributed by atoms with E-state index in [-0.39, 0.29) is 15.3 Å². The summed E-state index contributed by atoms with van der Waals surface area (Å²) in [6.45, 7) is 3.97. The van der Waals surface area contributed by atoms with Gasteiger partial charge in [0.1, 0.15) is 5.82 Å². The molecule has 1 aromatic carbocycles. The molecule has 0 saturated heterocycles. The van der Waals surface area contributed by atoms with E-state index < -0.39 is 26.9 Å². The molecule has 0 radical (unpaired) electrons. The molecule has 0 bridgehead atoms. The van der Waals surface area contributed by atoms with Crippen LogP contribution in [0, 0.1) is 11.2 Å². The van der Waals surface area contributed by atoms with E-state index in [1.54, 1.807) is 0 Å². The molecule has 6 heteroatoms. The number of halogens is 2. The predicted octanol–water partition coefficient (Wildman–Crippen LogP) is 3.16. The van der Waals surface area contributed by atoms with Crippen molar-refractivity contribution >= 4 is 21.4 Å². The Balaban J connectivity index is 2.41. The monoisotopic (exact) mass is 319 g/mol. The molecule has 0 amide bonds. The summed E-state index contributed by atoms with van der Waals surface area (Å²) in [5, 5.41) is -0.831. The van der Waals surface area contributed by atoms with E-state index in [4.69, 9.17) is 17.3 Å². The minimum Gasteiger partial charge on any atom is -0.326 e. The second-order valence-electron chi connectivity index (χ2n) is 6.07. The molecule has 112 valence electrons. The quantitative estimate of drug-likeness (QED) is 0.852. The smallest absolute Gasteiger partial charge is 0.182 e. The number of nitrogens with two attached hydrogens (primary N) is 1. The van der Waals surface area contributed by atoms with E-state index >= 15 is 0 Å². The van der Waals surface area contributed by atoms with E-state index in [2.05, 4.69) is 0 Å². The Hall–Kier alpha value is -0.650. The van der Waals surface area contributed by atoms with Gasteiger partial charge in [0.25, 0.3) is 0 Å². The average Bonchev–Trinajstić information content (AvgIpc) is 2.35. The molecule has 1 aliphatic rings. The maximum atomic E-state index is 13.2. The fraction of sp³-hybridized carbons (Fsp3) is 0.571. The van der Waals surface area contributed by atoms with Gasteiger partial charge in [-0.1, -0.05) is 31.9 Å². The second-order valence-corrected chi connectivity index (χ2v) is 8.64. The van der Waals surface area contributed by atoms with E-state index in [1.165, 1.54) is 12.1 Å². The Kier molecular flexibility index (Phi) is 4.15. The third-order valence-electron chi connectivity index (χ3n) is 4.23. The summed E-state index contributed by atoms with van der Waals surface area (Å²) in [5.74, 6) is -0.626. The van der Waals surface area contributed by atoms with Crippen molar-refractivity contribution in [1.82, 2.24) is 0 Å². The van der Waals surface area contributed by atoms with Crippen molar-refractivity contribution in [3.05, 3.63) is 29.0 Å². The van der Waals surface area contributed by atoms with Gasteiger partial charge in [0, 0.05) is 6.04 Å². The highest BCUT2D eigenvalue weighted by Gasteiger charge is 2.43. The summed E-state index contributed by atoms with van der Waals surface area (Å²) in [6.07, 6.45) is 2.26. The average molecular weight is 320 g/mol. The lowest BCUT2D eigenvalue weighted by atomic mass is 9.73. The normalized spacial score (nSPS) is 26.4. The lowest BCUT2D eigenvalue weighted by Crippen LogP contribution is -2.52. The molecule has 0 aromatic heterocycles. The van der Waals surface area contributed by atoms with Crippen LogP contribution in [-0.2, 0) is 9.84 Å². The number of hydrogen-bond acceptors (Lipinski definition) is 3. The number of benzene rings is 1. The van der Waals surface area contributed by atoms with Gasteiger partial charge in [0.2, 0.25) is 0 Å². The zero-order valence-corrected chi connectivity index (χ0v) is 13.1. The topological polar surface area (TPSA) is 60.2 Å². The number of rotatable bonds is 2. The van der Waals surface area contributed by atoms with Crippen molar-refractivity contribution in [1.29, 1.82) is 0 Å². The van der Waals surface area contributed by atoms with Gasteiger partial charge in [-0.2, -0.15) is 0 Å². The second kappa shape index (κ2) is 5.28. The Morgan fingerprint density at radius 2 is 2.05 bits per heavy atom. The molecule has 2 N–H and O–H groups in total. The van der Waals surface area contributed by atoms with Crippen molar-refractivity contribution in [3.63, 3.8) is 0 Å². The Labute approximate surface area is 124 Å². The largest absolute Gasteiger partial charge is 0.326 e. The zero-order valence-electron chi connectivity index (χ0n) is 11.6. The molecule has 1 aliphatic carbocycles. The van der Waals surface area contributed by atoms with Gasteiger partial charge in [-0.3, -0.25) is 0 Å². The Morgan fingerprint density at radius 3 is 2.65 bits per heavy atom. The van der Waals surface area contributed by atoms with Gasteiger partial charge >= 0.3 is 0 Å². The van der Waals surface area contributed by atoms with Crippen LogP contribution in [-0.4, -0.2) is 19.7 Å². The van der Waals surface area contributed by atoms with Crippen molar-refractivity contribution in [2.45, 2.75) is 49.3 Å². The van der Waals surface area contributed by atoms with Crippen molar-refractivity contribution in [2.75, 3.05) is 0 Å². The predicted molar refractivity (Wildman–Crippen MR) is 78.0 cm³/mol. The third kappa shape index (κ3) is 2.71. The van der Waals surface area contributed by atoms with E-state index in [9.17, 15) is 12.8 Å². The molecule has 2 atom stereocenters. The first-order valence-electron chi connectivity index (χ1n) is 6.61. The highest BCUT2D eigenvalue weighted by molar-refractivity contribution is 7.92. The SMILES string of the molecule is CC1(C)CCCC(S(=O)(=O)c2ccc(F)c(Cl)c2)C1N. The maximum absolute atomic E-state index is 13.2. The number of sulfone groups is 1. The van der Waals surface area contributed by atoms with Crippen LogP contribution in [0.5, 0.6) is 0 Å². The molecule has 1 fully saturated rings. The van der Waals surface area contributed by atoms with Gasteiger partial charge in [0.05, 0.1) is 15.2 Å². The fourth-order valence-corrected chi connectivity index (χ4v) is 5.15. The maximum Gasteiger partial charge on any atom is 0.182 e. The van der Waals surface area contributed by atoms with Crippen molar-refractivity contribution < 1.29 is 12.8 Å². The van der Waals surface area contributed by atoms with Crippen LogP contribution in [0.15, 0.2) is 23.1 Å². The summed E-state index contributed by atoms with van der Waals surface area (Å²) >= 11 is 5.68. The zero-order chi connectivity index (χ0) is 15.1. The first kappa shape index (κ1) is 15.7. The molecule has 2 unspecified atom stereocenters. The van der Waals surface area contributed by atoms with Crippen LogP contribution < -0.4 is 5.73 Å². The fourth-order valence-electron chi connectivity index (χ4n) is 2.79. The molecule has 1 saturated carbocycles. The third-order valence-corrected chi connectivity index (χ3v) is 6.76. The first-order chi connectivity index (χ1) is 9.16. The van der Waals surface area contributed by atoms with Gasteiger partial charge < -0.3 is 5.73 Å². The Morgan fingerprint density at radius 1 is 1.40 bits per heavy atom. The summed E-state index contributed by atoms with van der Waals surface area (Å²) in [6, 6.07) is 3.06. The van der Waals surface area contributed by atoms with Crippen LogP contribution in [0.2, 0.25) is 5.02 Å². The molecule has 0 aliphatic heterocycles. The molecule has 0 heterocycles. The molecular weight excluding hydrogens is 301 g/mol. The molecule has 3 nitrogen and oxygen atoms in total. The molecule has 20 heavy (non-hydrogen) atoms. The molecular formula is C14H19ClFNO2S. The van der Waals surface area contributed by atoms with Crippen LogP contribution in [0.3, 0.4) is 0 Å². The van der Waals surface area contributed by atoms with Crippen molar-refractivity contribution in [3.8, 4) is 0 Å². The van der Waals surface area contributed by atoms with E-state index in [0.717, 1.165) is 18.9 Å². The van der Waals surface area contributed by atoms with Crippen molar-refractivity contribution in [2.24, 2.45) is 11.1 Å². The lowest BCUT2D eigenvalue weighted by molar-refractivity contribution is 0.204. The first-order valence-corrected chi connectivity index (χ1v) is 8.53. The van der Waals surface area contributed by atoms with Crippen LogP contribution in [0.1, 0.15) is 33.1 Å². The van der Waals surface area contributed by atoms with Gasteiger partial charge in [0.15, 0.2) is 9.84 Å². The molecule has 0 spiro atoms. The lowest BCUT2D eigenvalue weighted by Gasteiger charge is -2.41. The van der Waals surface area contributed by atoms with Gasteiger partial charge in [-0.15, -0.1) is 0 Å². The van der Waals surface area contributed by atoms with E-state index in [0.29, 0.717) is 6.42 Å². The molecule has 2 rings (SSSR count). The Bertz CT molecular complexity index is 616. The van der Waals surface area contributed by atoms with Crippen LogP contribution in [0.4, 0.5) is 4.39 Å². The summed E-state index contributed by atoms with van der Waals surface area (Å²) < 4.78 is 38.6. The summed E-state index contributed by atoms with van der Waals surface area (Å²) in [4.78, 5) is 0.0436. The van der Waals surface area contributed by atoms with Crippen LogP contribution >= 0.6 is 11.6 Å². The highest BCUT2D eigenvalue weighted by Crippen LogP contribution is 2.39. The number of hydrogen-bond donors (Lipinski definition) is 1. The summed E-state index contributed by atoms with van der Waals surface area (Å²) in [7, 11) is -3.60. The standard InChI is InChI=1S/C14H19ClFNO2S/c1-14(2)7-3-4-12(13(14)17)20(18,19)9-5-6-11(16)10(15)8-9/h5-6,8,12-13H,3-4,7,17H2,1-2H3. The minimum atomic E-state index is -3.60.